The molecule has 3 heterocycles. The predicted octanol–water partition coefficient (Wildman–Crippen LogP) is 1.72. The Balaban J connectivity index is 1.64. The first-order valence-electron chi connectivity index (χ1n) is 7.90. The van der Waals surface area contributed by atoms with Crippen molar-refractivity contribution in [3.63, 3.8) is 0 Å². The van der Waals surface area contributed by atoms with Crippen LogP contribution < -0.4 is 4.90 Å². The second-order valence-electron chi connectivity index (χ2n) is 6.21. The van der Waals surface area contributed by atoms with Crippen molar-refractivity contribution in [2.45, 2.75) is 20.3 Å². The van der Waals surface area contributed by atoms with Crippen molar-refractivity contribution in [1.29, 1.82) is 0 Å². The Morgan fingerprint density at radius 3 is 2.65 bits per heavy atom. The molecule has 7 nitrogen and oxygen atoms in total. The largest absolute Gasteiger partial charge is 0.422 e. The highest BCUT2D eigenvalue weighted by molar-refractivity contribution is 7.89. The van der Waals surface area contributed by atoms with Crippen molar-refractivity contribution >= 4 is 27.3 Å². The molecule has 0 unspecified atom stereocenters. The normalized spacial score (nSPS) is 17.3. The van der Waals surface area contributed by atoms with Gasteiger partial charge in [-0.15, -0.1) is 0 Å². The van der Waals surface area contributed by atoms with E-state index in [2.05, 4.69) is 9.97 Å². The SMILES string of the molecule is CC(C)CCS(=O)(=O)N1CCN(c2nc3ncccc3o2)CC1. The number of sulfonamides is 1. The first-order chi connectivity index (χ1) is 11.0. The smallest absolute Gasteiger partial charge is 0.300 e. The third-order valence-electron chi connectivity index (χ3n) is 4.01. The van der Waals surface area contributed by atoms with Gasteiger partial charge in [-0.05, 0) is 24.5 Å². The minimum atomic E-state index is -3.17. The van der Waals surface area contributed by atoms with E-state index in [-0.39, 0.29) is 5.75 Å². The summed E-state index contributed by atoms with van der Waals surface area (Å²) in [5, 5.41) is 0. The summed E-state index contributed by atoms with van der Waals surface area (Å²) in [5.41, 5.74) is 1.23. The molecule has 8 heteroatoms. The molecule has 1 saturated heterocycles. The van der Waals surface area contributed by atoms with E-state index in [0.29, 0.717) is 55.8 Å². The van der Waals surface area contributed by atoms with Gasteiger partial charge in [0.15, 0.2) is 5.58 Å². The predicted molar refractivity (Wildman–Crippen MR) is 88.8 cm³/mol. The molecule has 1 aliphatic rings. The molecule has 0 bridgehead atoms. The van der Waals surface area contributed by atoms with Crippen LogP contribution in [0.2, 0.25) is 0 Å². The molecule has 1 aliphatic heterocycles. The zero-order valence-electron chi connectivity index (χ0n) is 13.5. The number of anilines is 1. The average Bonchev–Trinajstić information content (AvgIpc) is 2.97. The van der Waals surface area contributed by atoms with Gasteiger partial charge in [0.1, 0.15) is 0 Å². The van der Waals surface area contributed by atoms with Crippen molar-refractivity contribution in [2.75, 3.05) is 36.8 Å². The van der Waals surface area contributed by atoms with Gasteiger partial charge in [0.2, 0.25) is 15.7 Å². The van der Waals surface area contributed by atoms with Gasteiger partial charge >= 0.3 is 0 Å². The van der Waals surface area contributed by atoms with E-state index in [0.717, 1.165) is 0 Å². The Hall–Kier alpha value is -1.67. The molecule has 23 heavy (non-hydrogen) atoms. The molecule has 3 rings (SSSR count). The molecule has 0 radical (unpaired) electrons. The third kappa shape index (κ3) is 3.64. The molecule has 1 fully saturated rings. The van der Waals surface area contributed by atoms with Crippen LogP contribution in [-0.2, 0) is 10.0 Å². The average molecular weight is 338 g/mol. The van der Waals surface area contributed by atoms with Crippen molar-refractivity contribution in [2.24, 2.45) is 5.92 Å². The minimum absolute atomic E-state index is 0.220. The fraction of sp³-hybridized carbons (Fsp3) is 0.600. The van der Waals surface area contributed by atoms with E-state index in [1.54, 1.807) is 16.6 Å². The van der Waals surface area contributed by atoms with Crippen LogP contribution >= 0.6 is 0 Å². The molecule has 2 aromatic heterocycles. The zero-order chi connectivity index (χ0) is 16.4. The first kappa shape index (κ1) is 16.2. The van der Waals surface area contributed by atoms with Crippen LogP contribution in [0, 0.1) is 5.92 Å². The van der Waals surface area contributed by atoms with Crippen LogP contribution in [0.4, 0.5) is 6.01 Å². The highest BCUT2D eigenvalue weighted by Gasteiger charge is 2.28. The van der Waals surface area contributed by atoms with Crippen molar-refractivity contribution in [3.05, 3.63) is 18.3 Å². The Kier molecular flexibility index (Phi) is 4.54. The number of nitrogens with zero attached hydrogens (tertiary/aromatic N) is 4. The van der Waals surface area contributed by atoms with Gasteiger partial charge in [0.25, 0.3) is 6.01 Å². The van der Waals surface area contributed by atoms with E-state index < -0.39 is 10.0 Å². The lowest BCUT2D eigenvalue weighted by atomic mass is 10.2. The molecule has 0 N–H and O–H groups in total. The topological polar surface area (TPSA) is 79.5 Å². The van der Waals surface area contributed by atoms with Gasteiger partial charge < -0.3 is 9.32 Å². The number of oxazole rings is 1. The first-order valence-corrected chi connectivity index (χ1v) is 9.51. The standard InChI is InChI=1S/C15H22N4O3S/c1-12(2)5-11-23(20,21)19-9-7-18(8-10-19)15-17-14-13(22-15)4-3-6-16-14/h3-4,6,12H,5,7-11H2,1-2H3. The van der Waals surface area contributed by atoms with E-state index >= 15 is 0 Å². The molecule has 0 saturated carbocycles. The summed E-state index contributed by atoms with van der Waals surface area (Å²) in [6.45, 7) is 6.16. The molecular formula is C15H22N4O3S. The summed E-state index contributed by atoms with van der Waals surface area (Å²) in [6.07, 6.45) is 2.37. The lowest BCUT2D eigenvalue weighted by Gasteiger charge is -2.33. The van der Waals surface area contributed by atoms with Crippen LogP contribution in [0.1, 0.15) is 20.3 Å². The number of hydrogen-bond acceptors (Lipinski definition) is 6. The van der Waals surface area contributed by atoms with Gasteiger partial charge in [0.05, 0.1) is 5.75 Å². The summed E-state index contributed by atoms with van der Waals surface area (Å²) in [7, 11) is -3.17. The lowest BCUT2D eigenvalue weighted by molar-refractivity contribution is 0.372. The van der Waals surface area contributed by atoms with Crippen LogP contribution in [0.15, 0.2) is 22.7 Å². The van der Waals surface area contributed by atoms with E-state index in [1.807, 2.05) is 24.8 Å². The fourth-order valence-corrected chi connectivity index (χ4v) is 4.31. The summed E-state index contributed by atoms with van der Waals surface area (Å²) >= 11 is 0. The summed E-state index contributed by atoms with van der Waals surface area (Å²) in [4.78, 5) is 10.5. The maximum absolute atomic E-state index is 12.3. The molecule has 126 valence electrons. The Morgan fingerprint density at radius 1 is 1.26 bits per heavy atom. The summed E-state index contributed by atoms with van der Waals surface area (Å²) in [6, 6.07) is 4.14. The van der Waals surface area contributed by atoms with Crippen molar-refractivity contribution in [3.8, 4) is 0 Å². The highest BCUT2D eigenvalue weighted by atomic mass is 32.2. The van der Waals surface area contributed by atoms with Gasteiger partial charge in [-0.25, -0.2) is 13.4 Å². The molecule has 0 atom stereocenters. The van der Waals surface area contributed by atoms with Crippen LogP contribution in [0.25, 0.3) is 11.2 Å². The van der Waals surface area contributed by atoms with Crippen LogP contribution in [0.3, 0.4) is 0 Å². The van der Waals surface area contributed by atoms with E-state index in [1.165, 1.54) is 0 Å². The lowest BCUT2D eigenvalue weighted by Crippen LogP contribution is -2.49. The molecule has 0 spiro atoms. The van der Waals surface area contributed by atoms with Crippen LogP contribution in [0.5, 0.6) is 0 Å². The maximum atomic E-state index is 12.3. The number of aromatic nitrogens is 2. The Morgan fingerprint density at radius 2 is 2.00 bits per heavy atom. The second kappa shape index (κ2) is 6.45. The third-order valence-corrected chi connectivity index (χ3v) is 5.91. The molecular weight excluding hydrogens is 316 g/mol. The number of hydrogen-bond donors (Lipinski definition) is 0. The van der Waals surface area contributed by atoms with E-state index in [9.17, 15) is 8.42 Å². The number of piperazine rings is 1. The van der Waals surface area contributed by atoms with Crippen LogP contribution in [-0.4, -0.2) is 54.6 Å². The maximum Gasteiger partial charge on any atom is 0.300 e. The fourth-order valence-electron chi connectivity index (χ4n) is 2.56. The van der Waals surface area contributed by atoms with Gasteiger partial charge in [0, 0.05) is 32.4 Å². The highest BCUT2D eigenvalue weighted by Crippen LogP contribution is 2.22. The zero-order valence-corrected chi connectivity index (χ0v) is 14.3. The quantitative estimate of drug-likeness (QED) is 0.826. The van der Waals surface area contributed by atoms with Crippen molar-refractivity contribution < 1.29 is 12.8 Å². The molecule has 0 aliphatic carbocycles. The number of rotatable bonds is 5. The summed E-state index contributed by atoms with van der Waals surface area (Å²) < 4.78 is 31.9. The Labute approximate surface area is 136 Å². The van der Waals surface area contributed by atoms with Gasteiger partial charge in [-0.2, -0.15) is 9.29 Å². The summed E-state index contributed by atoms with van der Waals surface area (Å²) in [5.74, 6) is 0.607. The van der Waals surface area contributed by atoms with Gasteiger partial charge in [-0.1, -0.05) is 13.8 Å². The molecule has 0 amide bonds. The molecule has 2 aromatic rings. The van der Waals surface area contributed by atoms with E-state index in [4.69, 9.17) is 4.42 Å². The van der Waals surface area contributed by atoms with Crippen molar-refractivity contribution in [1.82, 2.24) is 14.3 Å². The molecule has 0 aromatic carbocycles. The second-order valence-corrected chi connectivity index (χ2v) is 8.29. The van der Waals surface area contributed by atoms with Gasteiger partial charge in [-0.3, -0.25) is 0 Å². The Bertz CT molecular complexity index is 731. The number of pyridine rings is 1. The monoisotopic (exact) mass is 338 g/mol. The minimum Gasteiger partial charge on any atom is -0.422 e. The number of fused-ring (bicyclic) bond motifs is 1.